The number of methoxy groups -OCH3 is 3. The minimum Gasteiger partial charge on any atom is -0.493 e. The quantitative estimate of drug-likeness (QED) is 0.482. The summed E-state index contributed by atoms with van der Waals surface area (Å²) in [5.41, 5.74) is 0.635. The molecule has 2 aromatic rings. The molecule has 0 aliphatic rings. The topological polar surface area (TPSA) is 86.9 Å². The Morgan fingerprint density at radius 2 is 1.60 bits per heavy atom. The van der Waals surface area contributed by atoms with Gasteiger partial charge in [-0.05, 0) is 38.8 Å². The van der Waals surface area contributed by atoms with Crippen LogP contribution in [0.2, 0.25) is 0 Å². The number of hydrogen-bond acceptors (Lipinski definition) is 8. The Morgan fingerprint density at radius 1 is 1.03 bits per heavy atom. The van der Waals surface area contributed by atoms with Crippen LogP contribution < -0.4 is 14.2 Å². The molecule has 0 saturated carbocycles. The van der Waals surface area contributed by atoms with E-state index in [1.807, 2.05) is 4.90 Å². The Bertz CT molecular complexity index is 807. The third-order valence-electron chi connectivity index (χ3n) is 5.06. The lowest BCUT2D eigenvalue weighted by molar-refractivity contribution is -0.132. The zero-order chi connectivity index (χ0) is 22.3. The molecule has 0 bridgehead atoms. The molecule has 2 unspecified atom stereocenters. The molecule has 1 amide bonds. The smallest absolute Gasteiger partial charge is 0.277 e. The van der Waals surface area contributed by atoms with Crippen molar-refractivity contribution in [3.63, 3.8) is 0 Å². The van der Waals surface area contributed by atoms with Crippen LogP contribution >= 0.6 is 11.8 Å². The average Bonchev–Trinajstić information content (AvgIpc) is 3.25. The molecular formula is C21H31N3O5S. The highest BCUT2D eigenvalue weighted by Crippen LogP contribution is 2.41. The van der Waals surface area contributed by atoms with Crippen LogP contribution in [0.15, 0.2) is 21.8 Å². The first kappa shape index (κ1) is 23.9. The Labute approximate surface area is 182 Å². The molecule has 30 heavy (non-hydrogen) atoms. The van der Waals surface area contributed by atoms with Crippen molar-refractivity contribution in [1.82, 2.24) is 15.1 Å². The number of aromatic nitrogens is 2. The van der Waals surface area contributed by atoms with Gasteiger partial charge in [-0.15, -0.1) is 10.2 Å². The molecule has 1 aromatic carbocycles. The van der Waals surface area contributed by atoms with Gasteiger partial charge in [0.05, 0.1) is 27.1 Å². The summed E-state index contributed by atoms with van der Waals surface area (Å²) in [6.07, 6.45) is 1.82. The Kier molecular flexibility index (Phi) is 8.83. The van der Waals surface area contributed by atoms with E-state index in [2.05, 4.69) is 37.9 Å². The van der Waals surface area contributed by atoms with Gasteiger partial charge in [0.25, 0.3) is 5.22 Å². The summed E-state index contributed by atoms with van der Waals surface area (Å²) in [5.74, 6) is 2.09. The van der Waals surface area contributed by atoms with E-state index >= 15 is 0 Å². The first-order chi connectivity index (χ1) is 14.4. The molecule has 1 heterocycles. The molecule has 0 N–H and O–H groups in total. The Morgan fingerprint density at radius 3 is 2.07 bits per heavy atom. The first-order valence-corrected chi connectivity index (χ1v) is 11.0. The number of ether oxygens (including phenoxy) is 3. The first-order valence-electron chi connectivity index (χ1n) is 9.97. The van der Waals surface area contributed by atoms with Gasteiger partial charge in [-0.25, -0.2) is 0 Å². The predicted molar refractivity (Wildman–Crippen MR) is 116 cm³/mol. The average molecular weight is 438 g/mol. The third kappa shape index (κ3) is 5.38. The number of benzene rings is 1. The number of amides is 1. The highest BCUT2D eigenvalue weighted by atomic mass is 32.2. The van der Waals surface area contributed by atoms with Crippen LogP contribution in [0.5, 0.6) is 17.2 Å². The van der Waals surface area contributed by atoms with Crippen LogP contribution in [-0.2, 0) is 4.79 Å². The summed E-state index contributed by atoms with van der Waals surface area (Å²) in [7, 11) is 4.63. The van der Waals surface area contributed by atoms with Gasteiger partial charge < -0.3 is 23.5 Å². The summed E-state index contributed by atoms with van der Waals surface area (Å²) < 4.78 is 21.8. The monoisotopic (exact) mass is 437 g/mol. The van der Waals surface area contributed by atoms with E-state index in [1.54, 1.807) is 33.5 Å². The van der Waals surface area contributed by atoms with Crippen molar-refractivity contribution < 1.29 is 23.4 Å². The fourth-order valence-electron chi connectivity index (χ4n) is 3.11. The van der Waals surface area contributed by atoms with Crippen LogP contribution in [-0.4, -0.2) is 60.2 Å². The molecule has 0 radical (unpaired) electrons. The van der Waals surface area contributed by atoms with Crippen molar-refractivity contribution in [3.05, 3.63) is 12.1 Å². The number of carbonyl (C=O) groups is 1. The molecule has 8 nitrogen and oxygen atoms in total. The third-order valence-corrected chi connectivity index (χ3v) is 5.86. The standard InChI is InChI=1S/C21H31N3O5S/c1-8-13(3)24(14(4)9-2)18(25)12-30-21-23-22-20(29-21)15-10-16(26-5)19(28-7)17(11-15)27-6/h10-11,13-14H,8-9,12H2,1-7H3. The van der Waals surface area contributed by atoms with Gasteiger partial charge in [-0.1, -0.05) is 25.6 Å². The van der Waals surface area contributed by atoms with E-state index in [4.69, 9.17) is 18.6 Å². The molecule has 0 saturated heterocycles. The van der Waals surface area contributed by atoms with Crippen molar-refractivity contribution in [2.24, 2.45) is 0 Å². The van der Waals surface area contributed by atoms with Gasteiger partial charge in [-0.2, -0.15) is 0 Å². The minimum absolute atomic E-state index is 0.0660. The predicted octanol–water partition coefficient (Wildman–Crippen LogP) is 4.28. The second-order valence-electron chi connectivity index (χ2n) is 6.89. The fourth-order valence-corrected chi connectivity index (χ4v) is 3.74. The van der Waals surface area contributed by atoms with Gasteiger partial charge >= 0.3 is 0 Å². The summed E-state index contributed by atoms with van der Waals surface area (Å²) in [4.78, 5) is 14.7. The lowest BCUT2D eigenvalue weighted by atomic mass is 10.1. The normalized spacial score (nSPS) is 12.9. The fraction of sp³-hybridized carbons (Fsp3) is 0.571. The molecule has 2 atom stereocenters. The largest absolute Gasteiger partial charge is 0.493 e. The molecule has 166 valence electrons. The van der Waals surface area contributed by atoms with E-state index in [-0.39, 0.29) is 23.7 Å². The van der Waals surface area contributed by atoms with Crippen molar-refractivity contribution in [3.8, 4) is 28.7 Å². The zero-order valence-corrected chi connectivity index (χ0v) is 19.5. The van der Waals surface area contributed by atoms with Crippen molar-refractivity contribution in [1.29, 1.82) is 0 Å². The van der Waals surface area contributed by atoms with Crippen LogP contribution in [0.1, 0.15) is 40.5 Å². The van der Waals surface area contributed by atoms with E-state index in [9.17, 15) is 4.79 Å². The van der Waals surface area contributed by atoms with Crippen molar-refractivity contribution >= 4 is 17.7 Å². The summed E-state index contributed by atoms with van der Waals surface area (Å²) in [6.45, 7) is 8.32. The maximum absolute atomic E-state index is 12.8. The van der Waals surface area contributed by atoms with Gasteiger partial charge in [-0.3, -0.25) is 4.79 Å². The summed E-state index contributed by atoms with van der Waals surface area (Å²) >= 11 is 1.24. The van der Waals surface area contributed by atoms with E-state index in [0.29, 0.717) is 33.9 Å². The number of rotatable bonds is 11. The molecule has 0 spiro atoms. The second-order valence-corrected chi connectivity index (χ2v) is 7.82. The minimum atomic E-state index is 0.0660. The number of hydrogen-bond donors (Lipinski definition) is 0. The lowest BCUT2D eigenvalue weighted by Crippen LogP contribution is -2.45. The lowest BCUT2D eigenvalue weighted by Gasteiger charge is -2.33. The van der Waals surface area contributed by atoms with Gasteiger partial charge in [0.2, 0.25) is 17.5 Å². The number of nitrogens with zero attached hydrogens (tertiary/aromatic N) is 3. The molecule has 0 aliphatic heterocycles. The Balaban J connectivity index is 2.16. The maximum Gasteiger partial charge on any atom is 0.277 e. The highest BCUT2D eigenvalue weighted by molar-refractivity contribution is 7.99. The molecular weight excluding hydrogens is 406 g/mol. The van der Waals surface area contributed by atoms with Gasteiger partial charge in [0.1, 0.15) is 0 Å². The van der Waals surface area contributed by atoms with Crippen molar-refractivity contribution in [2.75, 3.05) is 27.1 Å². The molecule has 0 fully saturated rings. The SMILES string of the molecule is CCC(C)N(C(=O)CSc1nnc(-c2cc(OC)c(OC)c(OC)c2)o1)C(C)CC. The van der Waals surface area contributed by atoms with Crippen molar-refractivity contribution in [2.45, 2.75) is 57.8 Å². The highest BCUT2D eigenvalue weighted by Gasteiger charge is 2.24. The van der Waals surface area contributed by atoms with Crippen LogP contribution in [0.4, 0.5) is 0 Å². The van der Waals surface area contributed by atoms with Crippen LogP contribution in [0, 0.1) is 0 Å². The number of carbonyl (C=O) groups excluding carboxylic acids is 1. The summed E-state index contributed by atoms with van der Waals surface area (Å²) in [6, 6.07) is 3.85. The Hall–Kier alpha value is -2.42. The molecule has 9 heteroatoms. The van der Waals surface area contributed by atoms with Crippen LogP contribution in [0.25, 0.3) is 11.5 Å². The zero-order valence-electron chi connectivity index (χ0n) is 18.7. The van der Waals surface area contributed by atoms with E-state index in [0.717, 1.165) is 12.8 Å². The molecule has 0 aliphatic carbocycles. The van der Waals surface area contributed by atoms with E-state index < -0.39 is 0 Å². The van der Waals surface area contributed by atoms with Gasteiger partial charge in [0, 0.05) is 17.6 Å². The molecule has 2 rings (SSSR count). The van der Waals surface area contributed by atoms with Gasteiger partial charge in [0.15, 0.2) is 11.5 Å². The van der Waals surface area contributed by atoms with Crippen LogP contribution in [0.3, 0.4) is 0 Å². The second kappa shape index (κ2) is 11.1. The van der Waals surface area contributed by atoms with E-state index in [1.165, 1.54) is 11.8 Å². The number of thioether (sulfide) groups is 1. The summed E-state index contributed by atoms with van der Waals surface area (Å²) in [5, 5.41) is 8.51. The maximum atomic E-state index is 12.8. The molecule has 1 aromatic heterocycles.